The number of imidazole rings is 1. The molecular weight excluding hydrogens is 250 g/mol. The van der Waals surface area contributed by atoms with Crippen LogP contribution in [-0.2, 0) is 5.75 Å². The minimum atomic E-state index is -0.484. The maximum atomic E-state index is 11.1. The average Bonchev–Trinajstić information content (AvgIpc) is 2.80. The van der Waals surface area contributed by atoms with Gasteiger partial charge in [-0.1, -0.05) is 47.2 Å². The van der Waals surface area contributed by atoms with Crippen LogP contribution in [0.5, 0.6) is 0 Å². The molecule has 6 nitrogen and oxygen atoms in total. The van der Waals surface area contributed by atoms with Gasteiger partial charge in [0, 0.05) is 5.75 Å². The van der Waals surface area contributed by atoms with Gasteiger partial charge >= 0.3 is 5.69 Å². The summed E-state index contributed by atoms with van der Waals surface area (Å²) in [4.78, 5) is 15.2. The van der Waals surface area contributed by atoms with E-state index in [1.807, 2.05) is 18.2 Å². The van der Waals surface area contributed by atoms with Gasteiger partial charge in [-0.3, -0.25) is 0 Å². The Morgan fingerprint density at radius 3 is 2.89 bits per heavy atom. The lowest BCUT2D eigenvalue weighted by atomic mass is 10.2. The number of fused-ring (bicyclic) bond motifs is 1. The van der Waals surface area contributed by atoms with Crippen molar-refractivity contribution < 1.29 is 0 Å². The Morgan fingerprint density at radius 1 is 1.22 bits per heavy atom. The summed E-state index contributed by atoms with van der Waals surface area (Å²) in [6, 6.07) is 10.1. The van der Waals surface area contributed by atoms with E-state index in [1.54, 1.807) is 22.5 Å². The topological polar surface area (TPSA) is 75.9 Å². The summed E-state index contributed by atoms with van der Waals surface area (Å²) in [5.74, 6) is 1.20. The van der Waals surface area contributed by atoms with Crippen LogP contribution >= 0.6 is 11.8 Å². The van der Waals surface area contributed by atoms with Gasteiger partial charge in [0.05, 0.1) is 6.20 Å². The van der Waals surface area contributed by atoms with Crippen molar-refractivity contribution in [1.82, 2.24) is 24.8 Å². The Labute approximate surface area is 106 Å². The third-order valence-electron chi connectivity index (χ3n) is 2.38. The molecule has 3 rings (SSSR count). The zero-order valence-corrected chi connectivity index (χ0v) is 10.1. The molecule has 0 atom stereocenters. The minimum Gasteiger partial charge on any atom is -0.243 e. The molecule has 0 saturated heterocycles. The van der Waals surface area contributed by atoms with E-state index in [9.17, 15) is 4.79 Å². The highest BCUT2D eigenvalue weighted by Gasteiger charge is 2.06. The summed E-state index contributed by atoms with van der Waals surface area (Å²) < 4.78 is 1.54. The third-order valence-corrected chi connectivity index (χ3v) is 3.44. The van der Waals surface area contributed by atoms with Gasteiger partial charge in [-0.2, -0.15) is 0 Å². The maximum absolute atomic E-state index is 11.1. The molecule has 2 heterocycles. The standard InChI is InChI=1S/C11H9N5OS/c17-11-14-13-10-12-6-9(16(10)15-11)18-7-8-4-2-1-3-5-8/h1-6H,7H2,(H,15,17). The van der Waals surface area contributed by atoms with Crippen molar-refractivity contribution in [3.8, 4) is 0 Å². The largest absolute Gasteiger partial charge is 0.378 e. The molecule has 0 aliphatic heterocycles. The molecule has 0 fully saturated rings. The van der Waals surface area contributed by atoms with Gasteiger partial charge in [0.25, 0.3) is 5.78 Å². The van der Waals surface area contributed by atoms with E-state index in [1.165, 1.54) is 5.56 Å². The first-order valence-electron chi connectivity index (χ1n) is 5.30. The van der Waals surface area contributed by atoms with Crippen LogP contribution in [0, 0.1) is 0 Å². The molecule has 0 unspecified atom stereocenters. The van der Waals surface area contributed by atoms with E-state index in [0.29, 0.717) is 5.78 Å². The van der Waals surface area contributed by atoms with Crippen LogP contribution in [0.1, 0.15) is 5.56 Å². The fourth-order valence-corrected chi connectivity index (χ4v) is 2.43. The molecule has 0 saturated carbocycles. The van der Waals surface area contributed by atoms with E-state index in [2.05, 4.69) is 32.4 Å². The molecule has 0 aliphatic rings. The summed E-state index contributed by atoms with van der Waals surface area (Å²) in [5.41, 5.74) is 0.726. The van der Waals surface area contributed by atoms with E-state index in [-0.39, 0.29) is 0 Å². The first-order chi connectivity index (χ1) is 8.83. The summed E-state index contributed by atoms with van der Waals surface area (Å²) in [5, 5.41) is 10.5. The molecule has 90 valence electrons. The summed E-state index contributed by atoms with van der Waals surface area (Å²) in [7, 11) is 0. The van der Waals surface area contributed by atoms with Crippen molar-refractivity contribution in [2.24, 2.45) is 0 Å². The first-order valence-corrected chi connectivity index (χ1v) is 6.29. The molecule has 3 aromatic rings. The number of thioether (sulfide) groups is 1. The molecule has 1 N–H and O–H groups in total. The third kappa shape index (κ3) is 2.12. The number of hydrogen-bond acceptors (Lipinski definition) is 5. The number of aromatic nitrogens is 5. The second-order valence-corrected chi connectivity index (χ2v) is 4.62. The van der Waals surface area contributed by atoms with Crippen molar-refractivity contribution in [3.63, 3.8) is 0 Å². The highest BCUT2D eigenvalue weighted by atomic mass is 32.2. The second kappa shape index (κ2) is 4.61. The van der Waals surface area contributed by atoms with E-state index >= 15 is 0 Å². The number of benzene rings is 1. The maximum Gasteiger partial charge on any atom is 0.378 e. The highest BCUT2D eigenvalue weighted by Crippen LogP contribution is 2.21. The summed E-state index contributed by atoms with van der Waals surface area (Å²) in [6.07, 6.45) is 1.67. The molecule has 1 aromatic carbocycles. The minimum absolute atomic E-state index is 0.394. The molecule has 2 aromatic heterocycles. The number of aromatic amines is 1. The van der Waals surface area contributed by atoms with E-state index in [4.69, 9.17) is 0 Å². The molecule has 0 amide bonds. The zero-order valence-electron chi connectivity index (χ0n) is 9.28. The highest BCUT2D eigenvalue weighted by molar-refractivity contribution is 7.98. The Hall–Kier alpha value is -2.15. The molecular formula is C11H9N5OS. The van der Waals surface area contributed by atoms with E-state index in [0.717, 1.165) is 10.8 Å². The van der Waals surface area contributed by atoms with Gasteiger partial charge in [-0.05, 0) is 5.56 Å². The number of hydrogen-bond donors (Lipinski definition) is 1. The first kappa shape index (κ1) is 11.0. The second-order valence-electron chi connectivity index (χ2n) is 3.62. The molecule has 7 heteroatoms. The lowest BCUT2D eigenvalue weighted by Crippen LogP contribution is -2.16. The lowest BCUT2D eigenvalue weighted by molar-refractivity contribution is 0.744. The van der Waals surface area contributed by atoms with E-state index < -0.39 is 5.69 Å². The van der Waals surface area contributed by atoms with Gasteiger partial charge in [-0.15, -0.1) is 5.10 Å². The van der Waals surface area contributed by atoms with Crippen LogP contribution in [0.4, 0.5) is 0 Å². The Balaban J connectivity index is 1.87. The fraction of sp³-hybridized carbons (Fsp3) is 0.0909. The van der Waals surface area contributed by atoms with Gasteiger partial charge in [0.15, 0.2) is 0 Å². The molecule has 0 bridgehead atoms. The number of nitrogens with one attached hydrogen (secondary N) is 1. The Kier molecular flexibility index (Phi) is 2.81. The van der Waals surface area contributed by atoms with Crippen molar-refractivity contribution in [2.75, 3.05) is 0 Å². The van der Waals surface area contributed by atoms with Crippen molar-refractivity contribution in [2.45, 2.75) is 10.8 Å². The Morgan fingerprint density at radius 2 is 2.06 bits per heavy atom. The predicted molar refractivity (Wildman–Crippen MR) is 67.4 cm³/mol. The number of nitrogens with zero attached hydrogens (tertiary/aromatic N) is 4. The van der Waals surface area contributed by atoms with Gasteiger partial charge < -0.3 is 0 Å². The monoisotopic (exact) mass is 259 g/mol. The normalized spacial score (nSPS) is 10.9. The number of rotatable bonds is 3. The van der Waals surface area contributed by atoms with Crippen molar-refractivity contribution in [1.29, 1.82) is 0 Å². The van der Waals surface area contributed by atoms with Crippen LogP contribution < -0.4 is 5.69 Å². The van der Waals surface area contributed by atoms with Gasteiger partial charge in [0.2, 0.25) is 0 Å². The molecule has 18 heavy (non-hydrogen) atoms. The average molecular weight is 259 g/mol. The quantitative estimate of drug-likeness (QED) is 0.713. The van der Waals surface area contributed by atoms with Crippen molar-refractivity contribution >= 4 is 17.5 Å². The number of H-pyrrole nitrogens is 1. The molecule has 0 radical (unpaired) electrons. The smallest absolute Gasteiger partial charge is 0.243 e. The van der Waals surface area contributed by atoms with Crippen LogP contribution in [-0.4, -0.2) is 24.8 Å². The Bertz CT molecular complexity index is 721. The van der Waals surface area contributed by atoms with Crippen LogP contribution in [0.2, 0.25) is 0 Å². The molecule has 0 spiro atoms. The van der Waals surface area contributed by atoms with Crippen LogP contribution in [0.3, 0.4) is 0 Å². The lowest BCUT2D eigenvalue weighted by Gasteiger charge is -2.00. The SMILES string of the molecule is O=c1nnc2ncc(SCc3ccccc3)n2[nH]1. The van der Waals surface area contributed by atoms with Crippen LogP contribution in [0.25, 0.3) is 5.78 Å². The summed E-state index contributed by atoms with van der Waals surface area (Å²) >= 11 is 1.58. The fourth-order valence-electron chi connectivity index (χ4n) is 1.54. The van der Waals surface area contributed by atoms with Crippen molar-refractivity contribution in [3.05, 3.63) is 52.6 Å². The summed E-state index contributed by atoms with van der Waals surface area (Å²) in [6.45, 7) is 0. The van der Waals surface area contributed by atoms with Gasteiger partial charge in [0.1, 0.15) is 5.03 Å². The van der Waals surface area contributed by atoms with Gasteiger partial charge in [-0.25, -0.2) is 19.4 Å². The molecule has 0 aliphatic carbocycles. The van der Waals surface area contributed by atoms with Crippen LogP contribution in [0.15, 0.2) is 46.3 Å². The predicted octanol–water partition coefficient (Wildman–Crippen LogP) is 1.10. The zero-order chi connectivity index (χ0) is 12.4.